The second-order valence-corrected chi connectivity index (χ2v) is 3.67. The first kappa shape index (κ1) is 10.3. The molecule has 0 aliphatic heterocycles. The number of aromatic amines is 1. The van der Waals surface area contributed by atoms with E-state index in [1.54, 1.807) is 24.3 Å². The Bertz CT molecular complexity index is 688. The lowest BCUT2D eigenvalue weighted by Gasteiger charge is -1.94. The minimum Gasteiger partial charge on any atom is -0.508 e. The Labute approximate surface area is 101 Å². The van der Waals surface area contributed by atoms with Crippen LogP contribution in [0.1, 0.15) is 0 Å². The molecule has 0 saturated carbocycles. The van der Waals surface area contributed by atoms with Crippen molar-refractivity contribution in [3.63, 3.8) is 0 Å². The number of hydrogen-bond donors (Lipinski definition) is 3. The molecule has 3 aromatic rings. The largest absolute Gasteiger partial charge is 0.508 e. The third kappa shape index (κ3) is 1.67. The summed E-state index contributed by atoms with van der Waals surface area (Å²) in [7, 11) is 0. The third-order valence-corrected chi connectivity index (χ3v) is 2.43. The zero-order valence-corrected chi connectivity index (χ0v) is 9.16. The molecule has 2 heterocycles. The molecule has 0 bridgehead atoms. The van der Waals surface area contributed by atoms with Gasteiger partial charge in [-0.2, -0.15) is 10.1 Å². The number of aromatic nitrogens is 4. The van der Waals surface area contributed by atoms with Gasteiger partial charge in [0.05, 0.1) is 6.20 Å². The van der Waals surface area contributed by atoms with Gasteiger partial charge in [-0.3, -0.25) is 5.10 Å². The van der Waals surface area contributed by atoms with Crippen LogP contribution in [0.15, 0.2) is 35.0 Å². The minimum absolute atomic E-state index is 0.140. The van der Waals surface area contributed by atoms with E-state index in [-0.39, 0.29) is 11.6 Å². The van der Waals surface area contributed by atoms with Gasteiger partial charge in [0.2, 0.25) is 5.82 Å². The normalized spacial score (nSPS) is 10.7. The van der Waals surface area contributed by atoms with Crippen molar-refractivity contribution >= 4 is 5.82 Å². The van der Waals surface area contributed by atoms with Gasteiger partial charge in [0, 0.05) is 5.56 Å². The van der Waals surface area contributed by atoms with E-state index in [0.29, 0.717) is 22.8 Å². The number of hydrogen-bond acceptors (Lipinski definition) is 6. The molecule has 0 fully saturated rings. The van der Waals surface area contributed by atoms with Gasteiger partial charge in [-0.15, -0.1) is 0 Å². The molecule has 0 radical (unpaired) electrons. The molecule has 0 saturated heterocycles. The van der Waals surface area contributed by atoms with Gasteiger partial charge in [0.15, 0.2) is 0 Å². The first-order valence-electron chi connectivity index (χ1n) is 5.16. The number of nitrogens with one attached hydrogen (secondary N) is 1. The first-order chi connectivity index (χ1) is 8.74. The summed E-state index contributed by atoms with van der Waals surface area (Å²) in [6.07, 6.45) is 1.51. The van der Waals surface area contributed by atoms with Crippen LogP contribution in [0.2, 0.25) is 0 Å². The summed E-state index contributed by atoms with van der Waals surface area (Å²) in [6.45, 7) is 0. The Morgan fingerprint density at radius 1 is 1.33 bits per heavy atom. The number of phenolic OH excluding ortho intramolecular Hbond substituents is 1. The average Bonchev–Trinajstić information content (AvgIpc) is 2.97. The van der Waals surface area contributed by atoms with Crippen LogP contribution in [-0.4, -0.2) is 25.4 Å². The maximum Gasteiger partial charge on any atom is 0.263 e. The molecule has 3 rings (SSSR count). The smallest absolute Gasteiger partial charge is 0.263 e. The Morgan fingerprint density at radius 3 is 2.94 bits per heavy atom. The summed E-state index contributed by atoms with van der Waals surface area (Å²) in [5.74, 6) is 1.16. The number of phenols is 1. The Hall–Kier alpha value is -2.83. The molecule has 1 aromatic carbocycles. The van der Waals surface area contributed by atoms with Gasteiger partial charge in [0.25, 0.3) is 5.89 Å². The van der Waals surface area contributed by atoms with Crippen LogP contribution < -0.4 is 5.73 Å². The van der Waals surface area contributed by atoms with Crippen molar-refractivity contribution in [2.45, 2.75) is 0 Å². The zero-order valence-electron chi connectivity index (χ0n) is 9.16. The highest BCUT2D eigenvalue weighted by molar-refractivity contribution is 5.67. The summed E-state index contributed by atoms with van der Waals surface area (Å²) in [4.78, 5) is 4.20. The van der Waals surface area contributed by atoms with E-state index in [1.807, 2.05) is 0 Å². The fourth-order valence-electron chi connectivity index (χ4n) is 1.56. The maximum atomic E-state index is 9.39. The summed E-state index contributed by atoms with van der Waals surface area (Å²) < 4.78 is 5.10. The molecule has 0 aliphatic carbocycles. The molecule has 0 amide bonds. The highest BCUT2D eigenvalue weighted by atomic mass is 16.5. The van der Waals surface area contributed by atoms with Gasteiger partial charge >= 0.3 is 0 Å². The molecular weight excluding hydrogens is 234 g/mol. The number of nitrogens with two attached hydrogens (primary N) is 1. The predicted molar refractivity (Wildman–Crippen MR) is 63.4 cm³/mol. The van der Waals surface area contributed by atoms with Gasteiger partial charge < -0.3 is 15.4 Å². The van der Waals surface area contributed by atoms with Crippen LogP contribution in [0.25, 0.3) is 22.8 Å². The summed E-state index contributed by atoms with van der Waals surface area (Å²) >= 11 is 0. The van der Waals surface area contributed by atoms with E-state index >= 15 is 0 Å². The fraction of sp³-hybridized carbons (Fsp3) is 0. The zero-order chi connectivity index (χ0) is 12.5. The van der Waals surface area contributed by atoms with Crippen LogP contribution in [0.3, 0.4) is 0 Å². The standard InChI is InChI=1S/C11H9N5O2/c12-9-8(5-13-15-9)11-14-10(16-18-11)6-2-1-3-7(17)4-6/h1-5,17H,(H3,12,13,15). The molecule has 18 heavy (non-hydrogen) atoms. The number of anilines is 1. The summed E-state index contributed by atoms with van der Waals surface area (Å²) in [5, 5.41) is 19.6. The van der Waals surface area contributed by atoms with Crippen molar-refractivity contribution in [1.82, 2.24) is 20.3 Å². The van der Waals surface area contributed by atoms with E-state index in [2.05, 4.69) is 20.3 Å². The monoisotopic (exact) mass is 243 g/mol. The number of nitrogens with zero attached hydrogens (tertiary/aromatic N) is 3. The quantitative estimate of drug-likeness (QED) is 0.627. The second kappa shape index (κ2) is 3.88. The van der Waals surface area contributed by atoms with Crippen molar-refractivity contribution in [3.05, 3.63) is 30.5 Å². The van der Waals surface area contributed by atoms with Crippen LogP contribution in [0, 0.1) is 0 Å². The number of rotatable bonds is 2. The SMILES string of the molecule is Nc1[nH]ncc1-c1nc(-c2cccc(O)c2)no1. The van der Waals surface area contributed by atoms with Crippen LogP contribution in [0.5, 0.6) is 5.75 Å². The third-order valence-electron chi connectivity index (χ3n) is 2.43. The van der Waals surface area contributed by atoms with Gasteiger partial charge in [-0.1, -0.05) is 17.3 Å². The topological polar surface area (TPSA) is 114 Å². The van der Waals surface area contributed by atoms with Crippen molar-refractivity contribution in [2.24, 2.45) is 0 Å². The van der Waals surface area contributed by atoms with Crippen LogP contribution in [0.4, 0.5) is 5.82 Å². The molecule has 0 spiro atoms. The molecule has 0 atom stereocenters. The van der Waals surface area contributed by atoms with Gasteiger partial charge in [0.1, 0.15) is 17.1 Å². The Balaban J connectivity index is 2.02. The summed E-state index contributed by atoms with van der Waals surface area (Å²) in [6, 6.07) is 6.59. The van der Waals surface area contributed by atoms with E-state index in [0.717, 1.165) is 0 Å². The molecule has 2 aromatic heterocycles. The lowest BCUT2D eigenvalue weighted by molar-refractivity contribution is 0.432. The minimum atomic E-state index is 0.140. The Morgan fingerprint density at radius 2 is 2.22 bits per heavy atom. The lowest BCUT2D eigenvalue weighted by atomic mass is 10.2. The number of aromatic hydroxyl groups is 1. The second-order valence-electron chi connectivity index (χ2n) is 3.67. The maximum absolute atomic E-state index is 9.39. The highest BCUT2D eigenvalue weighted by Gasteiger charge is 2.14. The van der Waals surface area contributed by atoms with Crippen molar-refractivity contribution in [1.29, 1.82) is 0 Å². The number of benzene rings is 1. The molecule has 0 aliphatic rings. The van der Waals surface area contributed by atoms with E-state index in [4.69, 9.17) is 10.3 Å². The molecule has 0 unspecified atom stereocenters. The number of H-pyrrole nitrogens is 1. The molecule has 7 heteroatoms. The molecule has 90 valence electrons. The van der Waals surface area contributed by atoms with Crippen molar-refractivity contribution in [3.8, 4) is 28.6 Å². The first-order valence-corrected chi connectivity index (χ1v) is 5.16. The Kier molecular flexibility index (Phi) is 2.23. The summed E-state index contributed by atoms with van der Waals surface area (Å²) in [5.41, 5.74) is 6.87. The highest BCUT2D eigenvalue weighted by Crippen LogP contribution is 2.26. The molecular formula is C11H9N5O2. The van der Waals surface area contributed by atoms with Crippen molar-refractivity contribution in [2.75, 3.05) is 5.73 Å². The molecule has 7 nitrogen and oxygen atoms in total. The van der Waals surface area contributed by atoms with E-state index in [1.165, 1.54) is 6.20 Å². The van der Waals surface area contributed by atoms with Crippen molar-refractivity contribution < 1.29 is 9.63 Å². The fourth-order valence-corrected chi connectivity index (χ4v) is 1.56. The van der Waals surface area contributed by atoms with Gasteiger partial charge in [-0.25, -0.2) is 0 Å². The van der Waals surface area contributed by atoms with Gasteiger partial charge in [-0.05, 0) is 12.1 Å². The van der Waals surface area contributed by atoms with E-state index in [9.17, 15) is 5.11 Å². The molecule has 4 N–H and O–H groups in total. The van der Waals surface area contributed by atoms with Crippen LogP contribution >= 0.6 is 0 Å². The van der Waals surface area contributed by atoms with Crippen LogP contribution in [-0.2, 0) is 0 Å². The van der Waals surface area contributed by atoms with E-state index < -0.39 is 0 Å². The lowest BCUT2D eigenvalue weighted by Crippen LogP contribution is -1.87. The predicted octanol–water partition coefficient (Wildman–Crippen LogP) is 1.41. The average molecular weight is 243 g/mol. The number of nitrogen functional groups attached to an aromatic ring is 1.